The van der Waals surface area contributed by atoms with Crippen molar-refractivity contribution in [2.75, 3.05) is 5.32 Å². The molecule has 3 N–H and O–H groups in total. The molecule has 0 fully saturated rings. The Morgan fingerprint density at radius 2 is 2.00 bits per heavy atom. The largest absolute Gasteiger partial charge is 0.506 e. The van der Waals surface area contributed by atoms with Crippen molar-refractivity contribution in [2.45, 2.75) is 20.0 Å². The van der Waals surface area contributed by atoms with Crippen LogP contribution in [0.3, 0.4) is 0 Å². The lowest BCUT2D eigenvalue weighted by Gasteiger charge is -2.13. The summed E-state index contributed by atoms with van der Waals surface area (Å²) in [7, 11) is 0. The summed E-state index contributed by atoms with van der Waals surface area (Å²) in [6, 6.07) is 8.33. The Kier molecular flexibility index (Phi) is 6.70. The van der Waals surface area contributed by atoms with Crippen LogP contribution in [-0.2, 0) is 0 Å². The number of non-ortho nitro benzene ring substituents is 1. The predicted molar refractivity (Wildman–Crippen MR) is 108 cm³/mol. The molecular formula is C17H16BrN3O5S. The normalized spacial score (nSPS) is 10.4. The Labute approximate surface area is 168 Å². The third-order valence-corrected chi connectivity index (χ3v) is 4.05. The first-order valence-corrected chi connectivity index (χ1v) is 8.93. The van der Waals surface area contributed by atoms with Crippen LogP contribution in [-0.4, -0.2) is 27.2 Å². The van der Waals surface area contributed by atoms with Crippen molar-refractivity contribution in [2.24, 2.45) is 0 Å². The number of phenols is 1. The van der Waals surface area contributed by atoms with Gasteiger partial charge >= 0.3 is 0 Å². The quantitative estimate of drug-likeness (QED) is 0.271. The van der Waals surface area contributed by atoms with Crippen LogP contribution in [0.25, 0.3) is 0 Å². The Balaban J connectivity index is 2.04. The fourth-order valence-corrected chi connectivity index (χ4v) is 2.73. The number of nitrogens with one attached hydrogen (secondary N) is 2. The number of nitrogens with zero attached hydrogens (tertiary/aromatic N) is 1. The minimum atomic E-state index is -0.631. The van der Waals surface area contributed by atoms with Gasteiger partial charge in [-0.1, -0.05) is 0 Å². The second-order valence-electron chi connectivity index (χ2n) is 5.68. The highest BCUT2D eigenvalue weighted by molar-refractivity contribution is 9.10. The molecule has 0 saturated carbocycles. The molecule has 0 aliphatic carbocycles. The van der Waals surface area contributed by atoms with Crippen molar-refractivity contribution in [1.29, 1.82) is 0 Å². The van der Waals surface area contributed by atoms with E-state index >= 15 is 0 Å². The number of anilines is 1. The molecule has 2 aromatic rings. The maximum Gasteiger partial charge on any atom is 0.273 e. The number of carbonyl (C=O) groups is 1. The molecule has 0 aliphatic rings. The summed E-state index contributed by atoms with van der Waals surface area (Å²) in [5, 5.41) is 25.5. The van der Waals surface area contributed by atoms with Gasteiger partial charge in [0, 0.05) is 11.6 Å². The predicted octanol–water partition coefficient (Wildman–Crippen LogP) is 3.98. The van der Waals surface area contributed by atoms with Gasteiger partial charge in [0.05, 0.1) is 27.3 Å². The van der Waals surface area contributed by atoms with E-state index in [9.17, 15) is 20.0 Å². The van der Waals surface area contributed by atoms with Crippen molar-refractivity contribution in [3.63, 3.8) is 0 Å². The van der Waals surface area contributed by atoms with E-state index in [2.05, 4.69) is 26.6 Å². The number of benzene rings is 2. The van der Waals surface area contributed by atoms with E-state index in [-0.39, 0.29) is 28.3 Å². The number of rotatable bonds is 5. The summed E-state index contributed by atoms with van der Waals surface area (Å²) in [4.78, 5) is 22.4. The summed E-state index contributed by atoms with van der Waals surface area (Å²) in [6.45, 7) is 3.79. The van der Waals surface area contributed by atoms with Crippen LogP contribution in [0.5, 0.6) is 11.5 Å². The number of amides is 1. The van der Waals surface area contributed by atoms with Gasteiger partial charge < -0.3 is 15.2 Å². The summed E-state index contributed by atoms with van der Waals surface area (Å²) >= 11 is 8.40. The molecule has 1 amide bonds. The number of aromatic hydroxyl groups is 1. The minimum Gasteiger partial charge on any atom is -0.506 e. The zero-order chi connectivity index (χ0) is 20.1. The molecule has 0 aromatic heterocycles. The van der Waals surface area contributed by atoms with Gasteiger partial charge in [0.15, 0.2) is 5.11 Å². The van der Waals surface area contributed by atoms with Gasteiger partial charge in [0.25, 0.3) is 11.6 Å². The molecule has 0 atom stereocenters. The van der Waals surface area contributed by atoms with Gasteiger partial charge in [-0.15, -0.1) is 0 Å². The number of nitro benzene ring substituents is 1. The molecule has 0 unspecified atom stereocenters. The molecule has 0 bridgehead atoms. The number of nitro groups is 1. The monoisotopic (exact) mass is 453 g/mol. The number of phenolic OH excluding ortho intramolecular Hbond substituents is 1. The lowest BCUT2D eigenvalue weighted by Crippen LogP contribution is -2.34. The molecule has 0 radical (unpaired) electrons. The van der Waals surface area contributed by atoms with Crippen LogP contribution in [0.2, 0.25) is 0 Å². The fourth-order valence-electron chi connectivity index (χ4n) is 2.06. The van der Waals surface area contributed by atoms with Crippen molar-refractivity contribution >= 4 is 50.5 Å². The van der Waals surface area contributed by atoms with Gasteiger partial charge in [-0.05, 0) is 66.3 Å². The van der Waals surface area contributed by atoms with Crippen molar-refractivity contribution in [1.82, 2.24) is 5.32 Å². The van der Waals surface area contributed by atoms with Crippen LogP contribution < -0.4 is 15.4 Å². The van der Waals surface area contributed by atoms with E-state index in [0.29, 0.717) is 15.8 Å². The van der Waals surface area contributed by atoms with Crippen LogP contribution in [0, 0.1) is 10.1 Å². The Morgan fingerprint density at radius 1 is 1.30 bits per heavy atom. The third-order valence-electron chi connectivity index (χ3n) is 3.22. The first kappa shape index (κ1) is 20.6. The zero-order valence-electron chi connectivity index (χ0n) is 14.4. The molecule has 0 aliphatic heterocycles. The highest BCUT2D eigenvalue weighted by Gasteiger charge is 2.14. The van der Waals surface area contributed by atoms with Gasteiger partial charge in [0.2, 0.25) is 0 Å². The average Bonchev–Trinajstić information content (AvgIpc) is 2.57. The van der Waals surface area contributed by atoms with Gasteiger partial charge in [0.1, 0.15) is 11.5 Å². The second-order valence-corrected chi connectivity index (χ2v) is 6.94. The van der Waals surface area contributed by atoms with Crippen molar-refractivity contribution < 1.29 is 19.6 Å². The molecule has 8 nitrogen and oxygen atoms in total. The van der Waals surface area contributed by atoms with Crippen molar-refractivity contribution in [3.8, 4) is 11.5 Å². The van der Waals surface area contributed by atoms with Crippen LogP contribution in [0.15, 0.2) is 40.9 Å². The van der Waals surface area contributed by atoms with E-state index < -0.39 is 10.8 Å². The van der Waals surface area contributed by atoms with E-state index in [4.69, 9.17) is 17.0 Å². The number of ether oxygens (including phenoxy) is 1. The first-order valence-electron chi connectivity index (χ1n) is 7.73. The number of thiocarbonyl (C=S) groups is 1. The standard InChI is InChI=1S/C17H16BrN3O5S/c1-9(2)26-15-6-3-10(7-12(15)18)16(23)20-17(27)19-13-5-4-11(21(24)25)8-14(13)22/h3-9,22H,1-2H3,(H2,19,20,23,27). The highest BCUT2D eigenvalue weighted by Crippen LogP contribution is 2.28. The molecule has 0 heterocycles. The van der Waals surface area contributed by atoms with Gasteiger partial charge in [-0.25, -0.2) is 0 Å². The van der Waals surface area contributed by atoms with E-state index in [1.165, 1.54) is 12.1 Å². The van der Waals surface area contributed by atoms with Gasteiger partial charge in [-0.2, -0.15) is 0 Å². The van der Waals surface area contributed by atoms with E-state index in [1.54, 1.807) is 18.2 Å². The number of hydrogen-bond acceptors (Lipinski definition) is 6. The maximum absolute atomic E-state index is 12.3. The number of hydrogen-bond donors (Lipinski definition) is 3. The topological polar surface area (TPSA) is 114 Å². The number of halogens is 1. The Hall–Kier alpha value is -2.72. The van der Waals surface area contributed by atoms with Crippen LogP contribution in [0.1, 0.15) is 24.2 Å². The summed E-state index contributed by atoms with van der Waals surface area (Å²) < 4.78 is 6.21. The zero-order valence-corrected chi connectivity index (χ0v) is 16.8. The first-order chi connectivity index (χ1) is 12.7. The summed E-state index contributed by atoms with van der Waals surface area (Å²) in [5.74, 6) is -0.220. The van der Waals surface area contributed by atoms with Crippen LogP contribution >= 0.6 is 28.1 Å². The smallest absolute Gasteiger partial charge is 0.273 e. The highest BCUT2D eigenvalue weighted by atomic mass is 79.9. The fraction of sp³-hybridized carbons (Fsp3) is 0.176. The van der Waals surface area contributed by atoms with E-state index in [1.807, 2.05) is 13.8 Å². The lowest BCUT2D eigenvalue weighted by atomic mass is 10.2. The molecular weight excluding hydrogens is 438 g/mol. The molecule has 10 heteroatoms. The SMILES string of the molecule is CC(C)Oc1ccc(C(=O)NC(=S)Nc2ccc([N+](=O)[O-])cc2O)cc1Br. The van der Waals surface area contributed by atoms with Gasteiger partial charge in [-0.3, -0.25) is 20.2 Å². The Morgan fingerprint density at radius 3 is 2.56 bits per heavy atom. The number of carbonyl (C=O) groups excluding carboxylic acids is 1. The van der Waals surface area contributed by atoms with Crippen LogP contribution in [0.4, 0.5) is 11.4 Å². The van der Waals surface area contributed by atoms with Crippen molar-refractivity contribution in [3.05, 3.63) is 56.5 Å². The third kappa shape index (κ3) is 5.63. The Bertz CT molecular complexity index is 904. The lowest BCUT2D eigenvalue weighted by molar-refractivity contribution is -0.384. The molecule has 2 aromatic carbocycles. The molecule has 142 valence electrons. The molecule has 2 rings (SSSR count). The molecule has 0 spiro atoms. The van der Waals surface area contributed by atoms with E-state index in [0.717, 1.165) is 6.07 Å². The maximum atomic E-state index is 12.3. The second kappa shape index (κ2) is 8.78. The molecule has 27 heavy (non-hydrogen) atoms. The minimum absolute atomic E-state index is 0.00729. The average molecular weight is 454 g/mol. The molecule has 0 saturated heterocycles. The summed E-state index contributed by atoms with van der Waals surface area (Å²) in [6.07, 6.45) is -0.00729. The summed E-state index contributed by atoms with van der Waals surface area (Å²) in [5.41, 5.74) is 0.212.